The van der Waals surface area contributed by atoms with E-state index >= 15 is 0 Å². The lowest BCUT2D eigenvalue weighted by Gasteiger charge is -2.27. The first-order valence-electron chi connectivity index (χ1n) is 19.0. The highest BCUT2D eigenvalue weighted by atomic mass is 16.3. The Morgan fingerprint density at radius 1 is 0.375 bits per heavy atom. The van der Waals surface area contributed by atoms with Crippen LogP contribution in [0.15, 0.2) is 182 Å². The van der Waals surface area contributed by atoms with Gasteiger partial charge < -0.3 is 31.1 Å². The van der Waals surface area contributed by atoms with Crippen molar-refractivity contribution in [2.45, 2.75) is 37.4 Å². The zero-order valence-corrected chi connectivity index (χ0v) is 30.8. The Bertz CT molecular complexity index is 2370. The van der Waals surface area contributed by atoms with E-state index in [0.29, 0.717) is 22.3 Å². The molecule has 0 aliphatic carbocycles. The van der Waals surface area contributed by atoms with Crippen LogP contribution in [-0.2, 0) is 13.1 Å². The van der Waals surface area contributed by atoms with Gasteiger partial charge in [0.2, 0.25) is 0 Å². The molecule has 8 aromatic rings. The lowest BCUT2D eigenvalue weighted by Crippen LogP contribution is -2.27. The van der Waals surface area contributed by atoms with Gasteiger partial charge in [0.05, 0.1) is 24.3 Å². The van der Waals surface area contributed by atoms with Crippen LogP contribution in [-0.4, -0.2) is 20.4 Å². The smallest absolute Gasteiger partial charge is 0.128 e. The molecular formula is C50H44N2O4. The summed E-state index contributed by atoms with van der Waals surface area (Å²) < 4.78 is 0. The van der Waals surface area contributed by atoms with E-state index in [1.54, 1.807) is 0 Å². The molecule has 0 fully saturated rings. The molecule has 4 atom stereocenters. The number of rotatable bonds is 13. The lowest BCUT2D eigenvalue weighted by molar-refractivity contribution is 0.127. The molecule has 6 N–H and O–H groups in total. The maximum Gasteiger partial charge on any atom is 0.128 e. The number of aliphatic hydroxyl groups excluding tert-OH is 2. The van der Waals surface area contributed by atoms with Crippen molar-refractivity contribution in [3.8, 4) is 22.6 Å². The van der Waals surface area contributed by atoms with Gasteiger partial charge in [0.1, 0.15) is 11.5 Å². The number of phenols is 2. The molecule has 0 unspecified atom stereocenters. The van der Waals surface area contributed by atoms with E-state index in [2.05, 4.69) is 10.6 Å². The summed E-state index contributed by atoms with van der Waals surface area (Å²) in [5.41, 5.74) is 5.70. The second kappa shape index (κ2) is 16.6. The van der Waals surface area contributed by atoms with E-state index in [4.69, 9.17) is 0 Å². The number of hydrogen-bond donors (Lipinski definition) is 6. The third kappa shape index (κ3) is 7.52. The minimum Gasteiger partial charge on any atom is -0.507 e. The van der Waals surface area contributed by atoms with E-state index in [1.807, 2.05) is 182 Å². The van der Waals surface area contributed by atoms with Gasteiger partial charge in [-0.25, -0.2) is 0 Å². The molecule has 6 nitrogen and oxygen atoms in total. The molecular weight excluding hydrogens is 693 g/mol. The predicted molar refractivity (Wildman–Crippen MR) is 225 cm³/mol. The highest BCUT2D eigenvalue weighted by molar-refractivity contribution is 6.10. The molecule has 0 aromatic heterocycles. The fraction of sp³-hybridized carbons (Fsp3) is 0.120. The molecule has 0 aliphatic heterocycles. The summed E-state index contributed by atoms with van der Waals surface area (Å²) in [6.45, 7) is 0.479. The van der Waals surface area contributed by atoms with Crippen molar-refractivity contribution in [3.05, 3.63) is 215 Å². The molecule has 0 saturated heterocycles. The van der Waals surface area contributed by atoms with Crippen LogP contribution < -0.4 is 10.6 Å². The predicted octanol–water partition coefficient (Wildman–Crippen LogP) is 10.2. The molecule has 0 heterocycles. The molecule has 0 spiro atoms. The molecule has 0 bridgehead atoms. The van der Waals surface area contributed by atoms with Crippen LogP contribution >= 0.6 is 0 Å². The van der Waals surface area contributed by atoms with E-state index in [0.717, 1.165) is 43.8 Å². The van der Waals surface area contributed by atoms with Gasteiger partial charge in [-0.3, -0.25) is 0 Å². The molecule has 8 aromatic carbocycles. The van der Waals surface area contributed by atoms with E-state index < -0.39 is 24.3 Å². The summed E-state index contributed by atoms with van der Waals surface area (Å²) in [5, 5.41) is 58.5. The number of phenolic OH excluding ortho intramolecular Hbond substituents is 2. The van der Waals surface area contributed by atoms with Gasteiger partial charge in [-0.2, -0.15) is 0 Å². The molecule has 0 radical (unpaired) electrons. The van der Waals surface area contributed by atoms with Crippen LogP contribution in [0.5, 0.6) is 11.5 Å². The maximum atomic E-state index is 12.4. The zero-order valence-electron chi connectivity index (χ0n) is 30.8. The van der Waals surface area contributed by atoms with Crippen LogP contribution in [0.1, 0.15) is 57.7 Å². The molecule has 56 heavy (non-hydrogen) atoms. The Hall–Kier alpha value is -6.28. The molecule has 0 saturated carbocycles. The third-order valence-corrected chi connectivity index (χ3v) is 10.7. The number of fused-ring (bicyclic) bond motifs is 2. The van der Waals surface area contributed by atoms with E-state index in [-0.39, 0.29) is 24.6 Å². The van der Waals surface area contributed by atoms with Gasteiger partial charge in [-0.15, -0.1) is 0 Å². The zero-order chi connectivity index (χ0) is 38.4. The van der Waals surface area contributed by atoms with Gasteiger partial charge in [-0.05, 0) is 55.9 Å². The van der Waals surface area contributed by atoms with Crippen molar-refractivity contribution in [2.24, 2.45) is 0 Å². The van der Waals surface area contributed by atoms with E-state index in [9.17, 15) is 20.4 Å². The van der Waals surface area contributed by atoms with Gasteiger partial charge in [-0.1, -0.05) is 170 Å². The number of benzene rings is 8. The first-order valence-corrected chi connectivity index (χ1v) is 19.0. The van der Waals surface area contributed by atoms with Crippen molar-refractivity contribution < 1.29 is 20.4 Å². The average Bonchev–Trinajstić information content (AvgIpc) is 3.26. The monoisotopic (exact) mass is 736 g/mol. The fourth-order valence-electron chi connectivity index (χ4n) is 7.83. The summed E-state index contributed by atoms with van der Waals surface area (Å²) in [4.78, 5) is 0. The van der Waals surface area contributed by atoms with Crippen molar-refractivity contribution >= 4 is 21.5 Å². The van der Waals surface area contributed by atoms with Crippen molar-refractivity contribution in [3.63, 3.8) is 0 Å². The van der Waals surface area contributed by atoms with Crippen LogP contribution in [0, 0.1) is 0 Å². The average molecular weight is 737 g/mol. The van der Waals surface area contributed by atoms with Crippen molar-refractivity contribution in [1.82, 2.24) is 10.6 Å². The molecule has 0 amide bonds. The van der Waals surface area contributed by atoms with Crippen LogP contribution in [0.2, 0.25) is 0 Å². The summed E-state index contributed by atoms with van der Waals surface area (Å²) in [5.74, 6) is 0.0915. The van der Waals surface area contributed by atoms with Crippen LogP contribution in [0.4, 0.5) is 0 Å². The minimum atomic E-state index is -0.849. The number of aromatic hydroxyl groups is 2. The Morgan fingerprint density at radius 2 is 0.679 bits per heavy atom. The number of aliphatic hydroxyl groups is 2. The molecule has 0 aliphatic rings. The Balaban J connectivity index is 1.20. The van der Waals surface area contributed by atoms with Crippen molar-refractivity contribution in [2.75, 3.05) is 0 Å². The molecule has 8 rings (SSSR count). The number of hydrogen-bond acceptors (Lipinski definition) is 6. The van der Waals surface area contributed by atoms with Crippen molar-refractivity contribution in [1.29, 1.82) is 0 Å². The van der Waals surface area contributed by atoms with Gasteiger partial charge >= 0.3 is 0 Å². The van der Waals surface area contributed by atoms with Crippen LogP contribution in [0.25, 0.3) is 32.7 Å². The summed E-state index contributed by atoms with van der Waals surface area (Å²) in [7, 11) is 0. The first kappa shape index (κ1) is 36.7. The lowest BCUT2D eigenvalue weighted by atomic mass is 9.88. The Kier molecular flexibility index (Phi) is 10.9. The number of nitrogens with one attached hydrogen (secondary N) is 2. The largest absolute Gasteiger partial charge is 0.507 e. The molecule has 6 heteroatoms. The Morgan fingerprint density at radius 3 is 1.04 bits per heavy atom. The normalized spacial score (nSPS) is 13.7. The second-order valence-electron chi connectivity index (χ2n) is 14.2. The second-order valence-corrected chi connectivity index (χ2v) is 14.2. The standard InChI is InChI=1S/C50H44N2O4/c53-47-39(31-51-45(33-17-5-1-6-18-33)49(55)35-21-9-3-10-22-35)29-37-25-13-15-27-41(37)43(47)44-42-28-16-14-26-38(42)30-40(48(44)54)32-52-46(34-19-7-2-8-20-34)50(56)36-23-11-4-12-24-36/h1-30,45-46,49-56H,31-32H2/t45-,46-,49+,50+/m1/s1. The summed E-state index contributed by atoms with van der Waals surface area (Å²) in [6, 6.07) is 57.5. The maximum absolute atomic E-state index is 12.4. The third-order valence-electron chi connectivity index (χ3n) is 10.7. The minimum absolute atomic E-state index is 0.0458. The topological polar surface area (TPSA) is 105 Å². The van der Waals surface area contributed by atoms with Gasteiger partial charge in [0.25, 0.3) is 0 Å². The van der Waals surface area contributed by atoms with Gasteiger partial charge in [0.15, 0.2) is 0 Å². The highest BCUT2D eigenvalue weighted by Crippen LogP contribution is 2.48. The SMILES string of the molecule is Oc1c(CN[C@H](c2ccccc2)[C@@H](O)c2ccccc2)cc2ccccc2c1-c1c(O)c(CN[C@H](c2ccccc2)[C@@H](O)c2ccccc2)cc2ccccc12. The fourth-order valence-corrected chi connectivity index (χ4v) is 7.83. The quantitative estimate of drug-likeness (QED) is 0.0704. The van der Waals surface area contributed by atoms with Crippen LogP contribution in [0.3, 0.4) is 0 Å². The Labute approximate surface area is 327 Å². The highest BCUT2D eigenvalue weighted by Gasteiger charge is 2.27. The summed E-state index contributed by atoms with van der Waals surface area (Å²) >= 11 is 0. The van der Waals surface area contributed by atoms with Gasteiger partial charge in [0, 0.05) is 35.3 Å². The first-order chi connectivity index (χ1) is 27.5. The summed E-state index contributed by atoms with van der Waals surface area (Å²) in [6.07, 6.45) is -1.70. The molecule has 278 valence electrons. The van der Waals surface area contributed by atoms with E-state index in [1.165, 1.54) is 0 Å².